The number of hydrogen-bond donors (Lipinski definition) is 5. The van der Waals surface area contributed by atoms with E-state index in [-0.39, 0.29) is 0 Å². The molecular weight excluding hydrogens is 200 g/mol. The van der Waals surface area contributed by atoms with E-state index in [1.54, 1.807) is 0 Å². The number of rotatable bonds is 2. The monoisotopic (exact) mass is 205 g/mol. The molecule has 10 heteroatoms. The van der Waals surface area contributed by atoms with Crippen molar-refractivity contribution in [2.45, 2.75) is 0 Å². The fraction of sp³-hybridized carbons (Fsp3) is 0. The average molecular weight is 205 g/mol. The Morgan fingerprint density at radius 2 is 1.09 bits per heavy atom. The van der Waals surface area contributed by atoms with Crippen LogP contribution < -0.4 is 4.86 Å². The van der Waals surface area contributed by atoms with Crippen LogP contribution in [0.3, 0.4) is 0 Å². The SMILES string of the molecule is O=P(O)(O)NP(=O)(O)O.[C]=O. The van der Waals surface area contributed by atoms with Crippen LogP contribution in [0.5, 0.6) is 0 Å². The van der Waals surface area contributed by atoms with Gasteiger partial charge in [0.15, 0.2) is 0 Å². The van der Waals surface area contributed by atoms with E-state index in [1.165, 1.54) is 0 Å². The van der Waals surface area contributed by atoms with E-state index in [1.807, 2.05) is 0 Å². The lowest BCUT2D eigenvalue weighted by Crippen LogP contribution is -2.04. The lowest BCUT2D eigenvalue weighted by Gasteiger charge is -2.05. The molecule has 0 bridgehead atoms. The van der Waals surface area contributed by atoms with Gasteiger partial charge in [-0.05, 0) is 0 Å². The summed E-state index contributed by atoms with van der Waals surface area (Å²) < 4.78 is 19.5. The van der Waals surface area contributed by atoms with Crippen molar-refractivity contribution < 1.29 is 33.5 Å². The van der Waals surface area contributed by atoms with Crippen molar-refractivity contribution in [3.8, 4) is 0 Å². The van der Waals surface area contributed by atoms with E-state index in [2.05, 4.69) is 6.79 Å². The zero-order valence-electron chi connectivity index (χ0n) is 4.91. The van der Waals surface area contributed by atoms with Gasteiger partial charge >= 0.3 is 15.5 Å². The molecule has 0 aliphatic heterocycles. The van der Waals surface area contributed by atoms with Crippen LogP contribution >= 0.6 is 15.5 Å². The molecule has 2 radical (unpaired) electrons. The van der Waals surface area contributed by atoms with Crippen LogP contribution in [-0.4, -0.2) is 26.4 Å². The Hall–Kier alpha value is -0.0700. The summed E-state index contributed by atoms with van der Waals surface area (Å²) >= 11 is 0. The molecule has 0 aliphatic carbocycles. The first-order chi connectivity index (χ1) is 4.71. The van der Waals surface area contributed by atoms with E-state index in [9.17, 15) is 9.13 Å². The maximum Gasteiger partial charge on any atom is 0.409 e. The third kappa shape index (κ3) is 17.8. The minimum absolute atomic E-state index is 0.792. The predicted molar refractivity (Wildman–Crippen MR) is 32.9 cm³/mol. The zero-order valence-corrected chi connectivity index (χ0v) is 6.70. The van der Waals surface area contributed by atoms with Crippen molar-refractivity contribution in [3.05, 3.63) is 0 Å². The highest BCUT2D eigenvalue weighted by molar-refractivity contribution is 7.65. The van der Waals surface area contributed by atoms with Gasteiger partial charge in [0, 0.05) is 0 Å². The van der Waals surface area contributed by atoms with Crippen LogP contribution in [0.25, 0.3) is 0 Å². The van der Waals surface area contributed by atoms with E-state index in [0.717, 1.165) is 4.86 Å². The largest absolute Gasteiger partial charge is 0.409 e. The first-order valence-corrected chi connectivity index (χ1v) is 5.04. The normalized spacial score (nSPS) is 11.6. The second-order valence-corrected chi connectivity index (χ2v) is 4.16. The summed E-state index contributed by atoms with van der Waals surface area (Å²) in [5.74, 6) is 0. The van der Waals surface area contributed by atoms with Gasteiger partial charge in [-0.3, -0.25) is 4.79 Å². The fourth-order valence-electron chi connectivity index (χ4n) is 0.170. The van der Waals surface area contributed by atoms with E-state index >= 15 is 0 Å². The van der Waals surface area contributed by atoms with Crippen molar-refractivity contribution in [2.24, 2.45) is 0 Å². The molecule has 0 amide bonds. The summed E-state index contributed by atoms with van der Waals surface area (Å²) in [6.07, 6.45) is 0. The van der Waals surface area contributed by atoms with E-state index < -0.39 is 15.5 Å². The van der Waals surface area contributed by atoms with Crippen molar-refractivity contribution in [1.82, 2.24) is 4.86 Å². The molecule has 0 aliphatic rings. The summed E-state index contributed by atoms with van der Waals surface area (Å²) in [5, 5.41) is 0. The molecule has 0 aromatic rings. The van der Waals surface area contributed by atoms with Crippen molar-refractivity contribution in [3.63, 3.8) is 0 Å². The second kappa shape index (κ2) is 4.74. The first-order valence-electron chi connectivity index (χ1n) is 1.82. The number of carbonyl (C=O) groups excluding carboxylic acids is 1. The van der Waals surface area contributed by atoms with Crippen molar-refractivity contribution in [1.29, 1.82) is 0 Å². The molecule has 0 saturated heterocycles. The molecule has 66 valence electrons. The van der Waals surface area contributed by atoms with Crippen molar-refractivity contribution in [2.75, 3.05) is 0 Å². The lowest BCUT2D eigenvalue weighted by molar-refractivity contribution is 0.338. The molecule has 0 spiro atoms. The minimum Gasteiger partial charge on any atom is -0.312 e. The smallest absolute Gasteiger partial charge is 0.312 e. The highest BCUT2D eigenvalue weighted by Gasteiger charge is 2.24. The van der Waals surface area contributed by atoms with Crippen LogP contribution in [-0.2, 0) is 13.9 Å². The van der Waals surface area contributed by atoms with Crippen LogP contribution in [0.2, 0.25) is 0 Å². The topological polar surface area (TPSA) is 144 Å². The minimum atomic E-state index is -4.80. The molecular formula is CH5NO7P2. The predicted octanol–water partition coefficient (Wildman–Crippen LogP) is -1.64. The Bertz CT molecular complexity index is 169. The molecule has 5 N–H and O–H groups in total. The quantitative estimate of drug-likeness (QED) is 0.337. The van der Waals surface area contributed by atoms with Crippen LogP contribution in [0.1, 0.15) is 0 Å². The van der Waals surface area contributed by atoms with Gasteiger partial charge in [0.1, 0.15) is 0 Å². The van der Waals surface area contributed by atoms with Gasteiger partial charge in [-0.25, -0.2) is 9.13 Å². The van der Waals surface area contributed by atoms with Crippen molar-refractivity contribution >= 4 is 22.3 Å². The Morgan fingerprint density at radius 1 is 0.909 bits per heavy atom. The molecule has 0 saturated carbocycles. The molecule has 8 nitrogen and oxygen atoms in total. The molecule has 0 aromatic carbocycles. The Morgan fingerprint density at radius 3 is 1.09 bits per heavy atom. The molecule has 0 fully saturated rings. The van der Waals surface area contributed by atoms with Crippen LogP contribution in [0.4, 0.5) is 0 Å². The Labute approximate surface area is 61.7 Å². The Balaban J connectivity index is 0. The van der Waals surface area contributed by atoms with Gasteiger partial charge in [0.25, 0.3) is 6.79 Å². The van der Waals surface area contributed by atoms with Gasteiger partial charge in [0.2, 0.25) is 0 Å². The summed E-state index contributed by atoms with van der Waals surface area (Å²) in [7, 11) is -9.60. The zero-order chi connectivity index (χ0) is 9.71. The lowest BCUT2D eigenvalue weighted by atomic mass is 11.9. The molecule has 0 unspecified atom stereocenters. The number of hydrogen-bond acceptors (Lipinski definition) is 3. The van der Waals surface area contributed by atoms with E-state index in [4.69, 9.17) is 24.4 Å². The van der Waals surface area contributed by atoms with Gasteiger partial charge in [-0.15, -0.1) is 4.86 Å². The summed E-state index contributed by atoms with van der Waals surface area (Å²) in [5.41, 5.74) is 0. The van der Waals surface area contributed by atoms with Gasteiger partial charge < -0.3 is 19.6 Å². The standard InChI is InChI=1S/CO.H5NO6P2/c1-2;2-8(3,4)1-9(5,6)7/h;(H5,1,2,3,4,5,6,7). The summed E-state index contributed by atoms with van der Waals surface area (Å²) in [4.78, 5) is 39.7. The highest BCUT2D eigenvalue weighted by Crippen LogP contribution is 2.43. The molecule has 0 atom stereocenters. The van der Waals surface area contributed by atoms with E-state index in [0.29, 0.717) is 0 Å². The van der Waals surface area contributed by atoms with Crippen LogP contribution in [0.15, 0.2) is 0 Å². The maximum atomic E-state index is 9.74. The van der Waals surface area contributed by atoms with Gasteiger partial charge in [0.05, 0.1) is 0 Å². The van der Waals surface area contributed by atoms with Crippen LogP contribution in [0, 0.1) is 0 Å². The molecule has 11 heavy (non-hydrogen) atoms. The number of nitrogens with one attached hydrogen (secondary N) is 1. The highest BCUT2D eigenvalue weighted by atomic mass is 31.3. The first kappa shape index (κ1) is 13.5. The maximum absolute atomic E-state index is 9.74. The third-order valence-corrected chi connectivity index (χ3v) is 2.34. The molecule has 0 rings (SSSR count). The Kier molecular flexibility index (Phi) is 5.82. The van der Waals surface area contributed by atoms with Gasteiger partial charge in [-0.2, -0.15) is 0 Å². The third-order valence-electron chi connectivity index (χ3n) is 0.261. The molecule has 0 heterocycles. The summed E-state index contributed by atoms with van der Waals surface area (Å²) in [6, 6.07) is 0. The van der Waals surface area contributed by atoms with Gasteiger partial charge in [-0.1, -0.05) is 0 Å². The summed E-state index contributed by atoms with van der Waals surface area (Å²) in [6.45, 7) is 4.50. The molecule has 0 aromatic heterocycles. The fourth-order valence-corrected chi connectivity index (χ4v) is 1.53. The average Bonchev–Trinajstić information content (AvgIpc) is 1.60. The second-order valence-electron chi connectivity index (χ2n) is 1.19.